The van der Waals surface area contributed by atoms with Gasteiger partial charge in [0, 0.05) is 30.4 Å². The van der Waals surface area contributed by atoms with E-state index in [1.54, 1.807) is 6.92 Å². The molecule has 0 radical (unpaired) electrons. The number of halogens is 1. The molecule has 0 aromatic heterocycles. The van der Waals surface area contributed by atoms with Gasteiger partial charge in [0.15, 0.2) is 0 Å². The first kappa shape index (κ1) is 21.9. The number of nitrogens with zero attached hydrogens (tertiary/aromatic N) is 1. The Balaban J connectivity index is 1.63. The van der Waals surface area contributed by atoms with Crippen LogP contribution in [0.3, 0.4) is 0 Å². The number of carbonyl (C=O) groups excluding carboxylic acids is 2. The molecule has 1 heterocycles. The van der Waals surface area contributed by atoms with Crippen LogP contribution in [0.25, 0.3) is 0 Å². The minimum atomic E-state index is -3.62. The molecule has 2 aromatic carbocycles. The lowest BCUT2D eigenvalue weighted by molar-refractivity contribution is -0.122. The van der Waals surface area contributed by atoms with Crippen LogP contribution in [-0.2, 0) is 19.6 Å². The Morgan fingerprint density at radius 3 is 2.40 bits per heavy atom. The smallest absolute Gasteiger partial charge is 0.240 e. The van der Waals surface area contributed by atoms with E-state index in [2.05, 4.69) is 10.0 Å². The minimum Gasteiger partial charge on any atom is -0.326 e. The molecular formula is C21H24FN3O4S. The van der Waals surface area contributed by atoms with E-state index in [1.165, 1.54) is 53.4 Å². The van der Waals surface area contributed by atoms with Crippen molar-refractivity contribution in [2.75, 3.05) is 16.8 Å². The normalized spacial score (nSPS) is 17.8. The molecule has 0 spiro atoms. The van der Waals surface area contributed by atoms with Gasteiger partial charge in [-0.15, -0.1) is 0 Å². The van der Waals surface area contributed by atoms with Gasteiger partial charge in [0.2, 0.25) is 21.8 Å². The van der Waals surface area contributed by atoms with Crippen LogP contribution in [0.15, 0.2) is 53.4 Å². The quantitative estimate of drug-likeness (QED) is 0.702. The van der Waals surface area contributed by atoms with E-state index in [9.17, 15) is 22.4 Å². The number of anilines is 2. The van der Waals surface area contributed by atoms with E-state index >= 15 is 0 Å². The second kappa shape index (κ2) is 8.93. The fourth-order valence-electron chi connectivity index (χ4n) is 3.13. The van der Waals surface area contributed by atoms with Crippen LogP contribution in [0, 0.1) is 11.7 Å². The van der Waals surface area contributed by atoms with Gasteiger partial charge in [-0.05, 0) is 61.9 Å². The predicted molar refractivity (Wildman–Crippen MR) is 112 cm³/mol. The highest BCUT2D eigenvalue weighted by Crippen LogP contribution is 2.26. The van der Waals surface area contributed by atoms with E-state index < -0.39 is 21.8 Å². The SMILES string of the molecule is CC[C@H](C)NS(=O)(=O)c1ccc(NC(=O)[C@@H]2CC(=O)N(c3ccc(F)cc3)C2)cc1. The third kappa shape index (κ3) is 5.03. The molecule has 2 N–H and O–H groups in total. The van der Waals surface area contributed by atoms with Crippen molar-refractivity contribution in [2.24, 2.45) is 5.92 Å². The van der Waals surface area contributed by atoms with Crippen molar-refractivity contribution in [2.45, 2.75) is 37.6 Å². The van der Waals surface area contributed by atoms with Gasteiger partial charge in [0.25, 0.3) is 0 Å². The van der Waals surface area contributed by atoms with Crippen molar-refractivity contribution in [3.63, 3.8) is 0 Å². The van der Waals surface area contributed by atoms with Crippen molar-refractivity contribution >= 4 is 33.2 Å². The number of benzene rings is 2. The molecule has 9 heteroatoms. The molecule has 1 saturated heterocycles. The molecular weight excluding hydrogens is 409 g/mol. The van der Waals surface area contributed by atoms with Gasteiger partial charge in [0.05, 0.1) is 10.8 Å². The van der Waals surface area contributed by atoms with Crippen molar-refractivity contribution in [3.05, 3.63) is 54.3 Å². The maximum atomic E-state index is 13.1. The van der Waals surface area contributed by atoms with Crippen LogP contribution in [-0.4, -0.2) is 32.8 Å². The number of hydrogen-bond donors (Lipinski definition) is 2. The van der Waals surface area contributed by atoms with Gasteiger partial charge in [0.1, 0.15) is 5.82 Å². The monoisotopic (exact) mass is 433 g/mol. The van der Waals surface area contributed by atoms with Gasteiger partial charge in [-0.2, -0.15) is 0 Å². The van der Waals surface area contributed by atoms with Gasteiger partial charge in [-0.1, -0.05) is 6.92 Å². The van der Waals surface area contributed by atoms with E-state index in [4.69, 9.17) is 0 Å². The summed E-state index contributed by atoms with van der Waals surface area (Å²) in [5.41, 5.74) is 0.982. The van der Waals surface area contributed by atoms with Gasteiger partial charge in [-0.3, -0.25) is 9.59 Å². The number of hydrogen-bond acceptors (Lipinski definition) is 4. The molecule has 1 fully saturated rings. The summed E-state index contributed by atoms with van der Waals surface area (Å²) in [6.45, 7) is 3.86. The van der Waals surface area contributed by atoms with Crippen LogP contribution < -0.4 is 14.9 Å². The molecule has 0 aliphatic carbocycles. The first-order valence-corrected chi connectivity index (χ1v) is 11.2. The molecule has 160 valence electrons. The summed E-state index contributed by atoms with van der Waals surface area (Å²) in [5, 5.41) is 2.72. The molecule has 2 amide bonds. The third-order valence-corrected chi connectivity index (χ3v) is 6.64. The van der Waals surface area contributed by atoms with Crippen molar-refractivity contribution in [1.82, 2.24) is 4.72 Å². The molecule has 30 heavy (non-hydrogen) atoms. The Kier molecular flexibility index (Phi) is 6.52. The zero-order valence-corrected chi connectivity index (χ0v) is 17.6. The van der Waals surface area contributed by atoms with E-state index in [1.807, 2.05) is 6.92 Å². The lowest BCUT2D eigenvalue weighted by Gasteiger charge is -2.17. The third-order valence-electron chi connectivity index (χ3n) is 5.03. The van der Waals surface area contributed by atoms with Crippen LogP contribution in [0.2, 0.25) is 0 Å². The van der Waals surface area contributed by atoms with Crippen LogP contribution in [0.1, 0.15) is 26.7 Å². The second-order valence-corrected chi connectivity index (χ2v) is 9.04. The second-order valence-electron chi connectivity index (χ2n) is 7.33. The Labute approximate surface area is 175 Å². The summed E-state index contributed by atoms with van der Waals surface area (Å²) in [4.78, 5) is 26.4. The maximum Gasteiger partial charge on any atom is 0.240 e. The highest BCUT2D eigenvalue weighted by Gasteiger charge is 2.35. The van der Waals surface area contributed by atoms with Crippen LogP contribution in [0.4, 0.5) is 15.8 Å². The van der Waals surface area contributed by atoms with Crippen LogP contribution >= 0.6 is 0 Å². The zero-order valence-electron chi connectivity index (χ0n) is 16.8. The maximum absolute atomic E-state index is 13.1. The summed E-state index contributed by atoms with van der Waals surface area (Å²) in [6, 6.07) is 11.2. The summed E-state index contributed by atoms with van der Waals surface area (Å²) >= 11 is 0. The molecule has 3 rings (SSSR count). The minimum absolute atomic E-state index is 0.0501. The van der Waals surface area contributed by atoms with Crippen molar-refractivity contribution in [1.29, 1.82) is 0 Å². The molecule has 0 unspecified atom stereocenters. The Morgan fingerprint density at radius 1 is 1.17 bits per heavy atom. The van der Waals surface area contributed by atoms with Crippen molar-refractivity contribution < 1.29 is 22.4 Å². The standard InChI is InChI=1S/C21H24FN3O4S/c1-3-14(2)24-30(28,29)19-10-6-17(7-11-19)23-21(27)15-12-20(26)25(13-15)18-8-4-16(22)5-9-18/h4-11,14-15,24H,3,12-13H2,1-2H3,(H,23,27)/t14-,15+/m0/s1. The fraction of sp³-hybridized carbons (Fsp3) is 0.333. The van der Waals surface area contributed by atoms with Crippen molar-refractivity contribution in [3.8, 4) is 0 Å². The average Bonchev–Trinajstić information content (AvgIpc) is 3.10. The Morgan fingerprint density at radius 2 is 1.80 bits per heavy atom. The largest absolute Gasteiger partial charge is 0.326 e. The summed E-state index contributed by atoms with van der Waals surface area (Å²) in [7, 11) is -3.62. The Bertz CT molecular complexity index is 1020. The topological polar surface area (TPSA) is 95.6 Å². The molecule has 0 bridgehead atoms. The number of sulfonamides is 1. The fourth-order valence-corrected chi connectivity index (χ4v) is 4.46. The molecule has 1 aliphatic rings. The highest BCUT2D eigenvalue weighted by molar-refractivity contribution is 7.89. The predicted octanol–water partition coefficient (Wildman–Crippen LogP) is 2.89. The summed E-state index contributed by atoms with van der Waals surface area (Å²) in [6.07, 6.45) is 0.719. The Hall–Kier alpha value is -2.78. The van der Waals surface area contributed by atoms with Gasteiger partial charge >= 0.3 is 0 Å². The highest BCUT2D eigenvalue weighted by atomic mass is 32.2. The number of carbonyl (C=O) groups is 2. The number of nitrogens with one attached hydrogen (secondary N) is 2. The molecule has 7 nitrogen and oxygen atoms in total. The summed E-state index contributed by atoms with van der Waals surface area (Å²) in [5.74, 6) is -1.50. The van der Waals surface area contributed by atoms with Gasteiger partial charge in [-0.25, -0.2) is 17.5 Å². The zero-order chi connectivity index (χ0) is 21.9. The van der Waals surface area contributed by atoms with E-state index in [-0.39, 0.29) is 35.7 Å². The number of amides is 2. The lowest BCUT2D eigenvalue weighted by Crippen LogP contribution is -2.32. The molecule has 2 aromatic rings. The summed E-state index contributed by atoms with van der Waals surface area (Å²) < 4.78 is 40.3. The van der Waals surface area contributed by atoms with Gasteiger partial charge < -0.3 is 10.2 Å². The number of rotatable bonds is 7. The van der Waals surface area contributed by atoms with E-state index in [0.717, 1.165) is 0 Å². The molecule has 0 saturated carbocycles. The van der Waals surface area contributed by atoms with Crippen LogP contribution in [0.5, 0.6) is 0 Å². The van der Waals surface area contributed by atoms with E-state index in [0.29, 0.717) is 17.8 Å². The first-order valence-electron chi connectivity index (χ1n) is 9.69. The lowest BCUT2D eigenvalue weighted by atomic mass is 10.1. The molecule has 1 aliphatic heterocycles. The first-order chi connectivity index (χ1) is 14.2. The molecule has 2 atom stereocenters. The average molecular weight is 434 g/mol.